The molecule has 0 radical (unpaired) electrons. The van der Waals surface area contributed by atoms with E-state index in [1.54, 1.807) is 0 Å². The zero-order chi connectivity index (χ0) is 7.40. The van der Waals surface area contributed by atoms with Crippen molar-refractivity contribution in [3.05, 3.63) is 0 Å². The molecule has 1 rings (SSSR count). The second-order valence-corrected chi connectivity index (χ2v) is 3.21. The fraction of sp³-hybridized carbons (Fsp3) is 1.00. The molecule has 1 fully saturated rings. The van der Waals surface area contributed by atoms with Crippen molar-refractivity contribution in [2.24, 2.45) is 5.92 Å². The first-order chi connectivity index (χ1) is 4.88. The molecule has 1 heterocycles. The number of epoxide rings is 1. The topological polar surface area (TPSA) is 12.5 Å². The summed E-state index contributed by atoms with van der Waals surface area (Å²) in [5.41, 5.74) is 0. The molecule has 1 aliphatic rings. The Kier molecular flexibility index (Phi) is 3.20. The molecule has 0 aromatic heterocycles. The lowest BCUT2D eigenvalue weighted by atomic mass is 9.95. The summed E-state index contributed by atoms with van der Waals surface area (Å²) < 4.78 is 5.28. The van der Waals surface area contributed by atoms with Crippen molar-refractivity contribution in [2.45, 2.75) is 45.6 Å². The number of hydrogen-bond acceptors (Lipinski definition) is 1. The lowest BCUT2D eigenvalue weighted by Gasteiger charge is -2.10. The van der Waals surface area contributed by atoms with Crippen LogP contribution in [0.2, 0.25) is 0 Å². The van der Waals surface area contributed by atoms with Crippen LogP contribution in [0.25, 0.3) is 0 Å². The van der Waals surface area contributed by atoms with Crippen LogP contribution >= 0.6 is 0 Å². The summed E-state index contributed by atoms with van der Waals surface area (Å²) in [5.74, 6) is 0.870. The van der Waals surface area contributed by atoms with Crippen LogP contribution in [0, 0.1) is 5.92 Å². The summed E-state index contributed by atoms with van der Waals surface area (Å²) in [4.78, 5) is 0. The second-order valence-electron chi connectivity index (χ2n) is 3.21. The normalized spacial score (nSPS) is 23.7. The van der Waals surface area contributed by atoms with Crippen LogP contribution in [0.3, 0.4) is 0 Å². The molecule has 1 aliphatic heterocycles. The Morgan fingerprint density at radius 1 is 1.30 bits per heavy atom. The molecule has 10 heavy (non-hydrogen) atoms. The molecule has 60 valence electrons. The summed E-state index contributed by atoms with van der Waals surface area (Å²) in [7, 11) is 0. The smallest absolute Gasteiger partial charge is 0.0838 e. The van der Waals surface area contributed by atoms with Crippen LogP contribution < -0.4 is 0 Å². The quantitative estimate of drug-likeness (QED) is 0.537. The molecule has 1 heteroatoms. The largest absolute Gasteiger partial charge is 0.373 e. The minimum atomic E-state index is 0.639. The molecule has 1 atom stereocenters. The van der Waals surface area contributed by atoms with Crippen LogP contribution in [-0.2, 0) is 4.74 Å². The Labute approximate surface area is 63.8 Å². The van der Waals surface area contributed by atoms with Gasteiger partial charge in [0.25, 0.3) is 0 Å². The van der Waals surface area contributed by atoms with Crippen molar-refractivity contribution in [2.75, 3.05) is 6.61 Å². The van der Waals surface area contributed by atoms with Crippen molar-refractivity contribution in [1.29, 1.82) is 0 Å². The van der Waals surface area contributed by atoms with Crippen LogP contribution in [-0.4, -0.2) is 12.7 Å². The number of rotatable bonds is 5. The molecule has 1 nitrogen and oxygen atoms in total. The minimum absolute atomic E-state index is 0.639. The fourth-order valence-electron chi connectivity index (χ4n) is 1.59. The summed E-state index contributed by atoms with van der Waals surface area (Å²) in [6.07, 6.45) is 5.98. The van der Waals surface area contributed by atoms with Gasteiger partial charge in [0.15, 0.2) is 0 Å². The van der Waals surface area contributed by atoms with Gasteiger partial charge < -0.3 is 4.74 Å². The van der Waals surface area contributed by atoms with E-state index < -0.39 is 0 Å². The van der Waals surface area contributed by atoms with Crippen LogP contribution in [0.1, 0.15) is 39.5 Å². The average molecular weight is 142 g/mol. The van der Waals surface area contributed by atoms with E-state index in [0.717, 1.165) is 12.5 Å². The van der Waals surface area contributed by atoms with Crippen molar-refractivity contribution < 1.29 is 4.74 Å². The Bertz CT molecular complexity index is 80.7. The van der Waals surface area contributed by atoms with E-state index in [2.05, 4.69) is 13.8 Å². The lowest BCUT2D eigenvalue weighted by Crippen LogP contribution is -2.07. The van der Waals surface area contributed by atoms with Crippen LogP contribution in [0.15, 0.2) is 0 Å². The van der Waals surface area contributed by atoms with Gasteiger partial charge in [-0.1, -0.05) is 26.7 Å². The van der Waals surface area contributed by atoms with E-state index in [0.29, 0.717) is 6.10 Å². The highest BCUT2D eigenvalue weighted by Crippen LogP contribution is 2.27. The highest BCUT2D eigenvalue weighted by atomic mass is 16.6. The standard InChI is InChI=1S/C9H18O/c1-3-5-8(6-4-2)9-7-10-9/h8-9H,3-7H2,1-2H3/t9-/m0/s1. The maximum Gasteiger partial charge on any atom is 0.0838 e. The first kappa shape index (κ1) is 8.06. The fourth-order valence-corrected chi connectivity index (χ4v) is 1.59. The Morgan fingerprint density at radius 3 is 2.10 bits per heavy atom. The van der Waals surface area contributed by atoms with Gasteiger partial charge >= 0.3 is 0 Å². The van der Waals surface area contributed by atoms with Crippen molar-refractivity contribution in [3.63, 3.8) is 0 Å². The van der Waals surface area contributed by atoms with Gasteiger partial charge in [-0.05, 0) is 18.8 Å². The van der Waals surface area contributed by atoms with E-state index in [4.69, 9.17) is 4.74 Å². The molecule has 0 aromatic rings. The maximum absolute atomic E-state index is 5.28. The monoisotopic (exact) mass is 142 g/mol. The van der Waals surface area contributed by atoms with Gasteiger partial charge in [-0.2, -0.15) is 0 Å². The second kappa shape index (κ2) is 3.97. The molecule has 0 saturated carbocycles. The predicted molar refractivity (Wildman–Crippen MR) is 43.0 cm³/mol. The lowest BCUT2D eigenvalue weighted by molar-refractivity contribution is 0.299. The van der Waals surface area contributed by atoms with E-state index in [1.807, 2.05) is 0 Å². The highest BCUT2D eigenvalue weighted by molar-refractivity contribution is 4.78. The van der Waals surface area contributed by atoms with Gasteiger partial charge in [0.05, 0.1) is 12.7 Å². The summed E-state index contributed by atoms with van der Waals surface area (Å²) >= 11 is 0. The third kappa shape index (κ3) is 2.30. The first-order valence-electron chi connectivity index (χ1n) is 4.50. The Morgan fingerprint density at radius 2 is 1.80 bits per heavy atom. The minimum Gasteiger partial charge on any atom is -0.373 e. The van der Waals surface area contributed by atoms with Gasteiger partial charge in [-0.3, -0.25) is 0 Å². The molecule has 0 unspecified atom stereocenters. The summed E-state index contributed by atoms with van der Waals surface area (Å²) in [6, 6.07) is 0. The molecule has 0 amide bonds. The SMILES string of the molecule is CCCC(CCC)[C@@H]1CO1. The summed E-state index contributed by atoms with van der Waals surface area (Å²) in [5, 5.41) is 0. The summed E-state index contributed by atoms with van der Waals surface area (Å²) in [6.45, 7) is 5.54. The Hall–Kier alpha value is -0.0400. The molecule has 1 saturated heterocycles. The molecule has 0 aromatic carbocycles. The van der Waals surface area contributed by atoms with Crippen molar-refractivity contribution in [1.82, 2.24) is 0 Å². The molecular weight excluding hydrogens is 124 g/mol. The number of ether oxygens (including phenoxy) is 1. The number of hydrogen-bond donors (Lipinski definition) is 0. The van der Waals surface area contributed by atoms with Crippen LogP contribution in [0.5, 0.6) is 0 Å². The van der Waals surface area contributed by atoms with Gasteiger partial charge in [-0.15, -0.1) is 0 Å². The van der Waals surface area contributed by atoms with E-state index >= 15 is 0 Å². The average Bonchev–Trinajstić information content (AvgIpc) is 2.69. The predicted octanol–water partition coefficient (Wildman–Crippen LogP) is 2.60. The Balaban J connectivity index is 2.13. The zero-order valence-corrected chi connectivity index (χ0v) is 7.10. The zero-order valence-electron chi connectivity index (χ0n) is 7.10. The van der Waals surface area contributed by atoms with E-state index in [9.17, 15) is 0 Å². The van der Waals surface area contributed by atoms with Gasteiger partial charge in [0.2, 0.25) is 0 Å². The molecular formula is C9H18O. The van der Waals surface area contributed by atoms with Crippen LogP contribution in [0.4, 0.5) is 0 Å². The third-order valence-corrected chi connectivity index (χ3v) is 2.20. The molecule has 0 aliphatic carbocycles. The van der Waals surface area contributed by atoms with E-state index in [-0.39, 0.29) is 0 Å². The van der Waals surface area contributed by atoms with Gasteiger partial charge in [-0.25, -0.2) is 0 Å². The first-order valence-corrected chi connectivity index (χ1v) is 4.50. The highest BCUT2D eigenvalue weighted by Gasteiger charge is 2.30. The van der Waals surface area contributed by atoms with Gasteiger partial charge in [0, 0.05) is 0 Å². The maximum atomic E-state index is 5.28. The molecule has 0 spiro atoms. The molecule has 0 N–H and O–H groups in total. The molecule has 0 bridgehead atoms. The third-order valence-electron chi connectivity index (χ3n) is 2.20. The van der Waals surface area contributed by atoms with E-state index in [1.165, 1.54) is 25.7 Å². The van der Waals surface area contributed by atoms with Gasteiger partial charge in [0.1, 0.15) is 0 Å². The van der Waals surface area contributed by atoms with Crippen molar-refractivity contribution in [3.8, 4) is 0 Å². The van der Waals surface area contributed by atoms with Crippen molar-refractivity contribution >= 4 is 0 Å².